The molecule has 0 saturated carbocycles. The summed E-state index contributed by atoms with van der Waals surface area (Å²) in [6.07, 6.45) is 1.54. The summed E-state index contributed by atoms with van der Waals surface area (Å²) in [6, 6.07) is 0. The number of carbonyl (C=O) groups excluding carboxylic acids is 1. The maximum atomic E-state index is 9.59. The maximum absolute atomic E-state index is 9.59. The van der Waals surface area contributed by atoms with Crippen molar-refractivity contribution in [2.45, 2.75) is 0 Å². The van der Waals surface area contributed by atoms with Crippen molar-refractivity contribution in [1.82, 2.24) is 0 Å². The lowest BCUT2D eigenvalue weighted by molar-refractivity contribution is -0.135. The average Bonchev–Trinajstić information content (AvgIpc) is 1.67. The van der Waals surface area contributed by atoms with Gasteiger partial charge in [0.1, 0.15) is 0 Å². The van der Waals surface area contributed by atoms with E-state index < -0.39 is 11.7 Å². The lowest BCUT2D eigenvalue weighted by Crippen LogP contribution is -1.98. The normalized spacial score (nSPS) is 10.8. The van der Waals surface area contributed by atoms with Gasteiger partial charge in [0, 0.05) is 6.08 Å². The molecule has 4 nitrogen and oxygen atoms in total. The molecule has 0 fully saturated rings. The fourth-order valence-electron chi connectivity index (χ4n) is 0.118. The lowest BCUT2D eigenvalue weighted by Gasteiger charge is -1.82. The third-order valence-electron chi connectivity index (χ3n) is 0.415. The molecule has 43 valence electrons. The molecule has 0 atom stereocenters. The Balaban J connectivity index is 3.99. The Morgan fingerprint density at radius 2 is 2.00 bits per heavy atom. The summed E-state index contributed by atoms with van der Waals surface area (Å²) in [6.45, 7) is 0. The summed E-state index contributed by atoms with van der Waals surface area (Å²) >= 11 is 0. The third kappa shape index (κ3) is 1.96. The number of carbonyl (C=O) groups is 1. The summed E-state index contributed by atoms with van der Waals surface area (Å²) in [5.74, 6) is -2.53. The molecule has 0 heterocycles. The number of hydrogen-bond donors (Lipinski definition) is 2. The maximum Gasteiger partial charge on any atom is 0.371 e. The molecule has 4 heteroatoms. The van der Waals surface area contributed by atoms with Crippen LogP contribution in [0, 0.1) is 0 Å². The molecule has 2 N–H and O–H groups in total. The SMILES string of the molecule is O=[C]/C=C(\O)C(=O)O. The summed E-state index contributed by atoms with van der Waals surface area (Å²) < 4.78 is 0. The van der Waals surface area contributed by atoms with Crippen LogP contribution in [0.2, 0.25) is 0 Å². The van der Waals surface area contributed by atoms with E-state index in [1.54, 1.807) is 0 Å². The summed E-state index contributed by atoms with van der Waals surface area (Å²) in [4.78, 5) is 18.9. The van der Waals surface area contributed by atoms with Crippen molar-refractivity contribution in [2.24, 2.45) is 0 Å². The van der Waals surface area contributed by atoms with Crippen LogP contribution < -0.4 is 0 Å². The summed E-state index contributed by atoms with van der Waals surface area (Å²) in [5, 5.41) is 15.9. The number of aliphatic hydroxyl groups excluding tert-OH is 1. The zero-order chi connectivity index (χ0) is 6.57. The number of carboxylic acid groups (broad SMARTS) is 1. The Labute approximate surface area is 45.1 Å². The van der Waals surface area contributed by atoms with Crippen LogP contribution in [0.3, 0.4) is 0 Å². The quantitative estimate of drug-likeness (QED) is 0.380. The molecule has 0 amide bonds. The molecule has 0 spiro atoms. The Morgan fingerprint density at radius 3 is 2.12 bits per heavy atom. The highest BCUT2D eigenvalue weighted by Crippen LogP contribution is 1.82. The molecule has 0 aromatic carbocycles. The highest BCUT2D eigenvalue weighted by molar-refractivity contribution is 5.88. The van der Waals surface area contributed by atoms with Crippen LogP contribution in [0.1, 0.15) is 0 Å². The van der Waals surface area contributed by atoms with E-state index in [-0.39, 0.29) is 0 Å². The predicted octanol–water partition coefficient (Wildman–Crippen LogP) is -0.377. The van der Waals surface area contributed by atoms with Gasteiger partial charge in [0.05, 0.1) is 0 Å². The first-order valence-corrected chi connectivity index (χ1v) is 1.68. The highest BCUT2D eigenvalue weighted by Gasteiger charge is 2.00. The van der Waals surface area contributed by atoms with Gasteiger partial charge < -0.3 is 10.2 Å². The summed E-state index contributed by atoms with van der Waals surface area (Å²) in [7, 11) is 0. The fourth-order valence-corrected chi connectivity index (χ4v) is 0.118. The van der Waals surface area contributed by atoms with Gasteiger partial charge in [-0.1, -0.05) is 0 Å². The second-order valence-electron chi connectivity index (χ2n) is 0.953. The number of allylic oxidation sites excluding steroid dienone is 1. The molecular formula is C4H3O4. The topological polar surface area (TPSA) is 74.6 Å². The zero-order valence-electron chi connectivity index (χ0n) is 3.79. The molecule has 0 unspecified atom stereocenters. The van der Waals surface area contributed by atoms with E-state index in [9.17, 15) is 9.59 Å². The Morgan fingerprint density at radius 1 is 1.50 bits per heavy atom. The van der Waals surface area contributed by atoms with Crippen LogP contribution in [0.15, 0.2) is 11.8 Å². The van der Waals surface area contributed by atoms with Gasteiger partial charge in [-0.3, -0.25) is 4.79 Å². The standard InChI is InChI=1S/C4H3O4/c5-2-1-3(6)4(7)8/h1,6H,(H,7,8)/b3-1-. The Bertz CT molecular complexity index is 135. The molecule has 0 bridgehead atoms. The van der Waals surface area contributed by atoms with E-state index in [4.69, 9.17) is 10.2 Å². The van der Waals surface area contributed by atoms with E-state index in [2.05, 4.69) is 0 Å². The number of rotatable bonds is 2. The van der Waals surface area contributed by atoms with Crippen molar-refractivity contribution in [3.63, 3.8) is 0 Å². The first-order chi connectivity index (χ1) is 3.68. The van der Waals surface area contributed by atoms with Gasteiger partial charge >= 0.3 is 5.97 Å². The van der Waals surface area contributed by atoms with Crippen LogP contribution in [0.4, 0.5) is 0 Å². The van der Waals surface area contributed by atoms with Crippen LogP contribution >= 0.6 is 0 Å². The van der Waals surface area contributed by atoms with Crippen molar-refractivity contribution in [3.05, 3.63) is 11.8 Å². The van der Waals surface area contributed by atoms with Crippen molar-refractivity contribution in [1.29, 1.82) is 0 Å². The number of aliphatic hydroxyl groups is 1. The molecular weight excluding hydrogens is 112 g/mol. The van der Waals surface area contributed by atoms with E-state index in [1.165, 1.54) is 0 Å². The molecule has 0 aromatic heterocycles. The molecule has 0 aliphatic rings. The van der Waals surface area contributed by atoms with Gasteiger partial charge in [0.2, 0.25) is 12.0 Å². The molecule has 8 heavy (non-hydrogen) atoms. The third-order valence-corrected chi connectivity index (χ3v) is 0.415. The Hall–Kier alpha value is -1.32. The van der Waals surface area contributed by atoms with E-state index in [1.807, 2.05) is 0 Å². The van der Waals surface area contributed by atoms with Crippen molar-refractivity contribution >= 4 is 12.3 Å². The van der Waals surface area contributed by atoms with E-state index >= 15 is 0 Å². The number of aliphatic carboxylic acids is 1. The summed E-state index contributed by atoms with van der Waals surface area (Å²) in [5.41, 5.74) is 0. The smallest absolute Gasteiger partial charge is 0.371 e. The van der Waals surface area contributed by atoms with Crippen LogP contribution in [-0.2, 0) is 9.59 Å². The van der Waals surface area contributed by atoms with Crippen molar-refractivity contribution < 1.29 is 19.8 Å². The molecule has 0 aliphatic heterocycles. The van der Waals surface area contributed by atoms with Crippen molar-refractivity contribution in [2.75, 3.05) is 0 Å². The minimum atomic E-state index is -1.53. The first kappa shape index (κ1) is 6.68. The van der Waals surface area contributed by atoms with E-state index in [0.717, 1.165) is 6.29 Å². The molecule has 0 rings (SSSR count). The van der Waals surface area contributed by atoms with Crippen molar-refractivity contribution in [3.8, 4) is 0 Å². The van der Waals surface area contributed by atoms with Crippen LogP contribution in [0.5, 0.6) is 0 Å². The van der Waals surface area contributed by atoms with E-state index in [0.29, 0.717) is 6.08 Å². The lowest BCUT2D eigenvalue weighted by atomic mass is 10.5. The predicted molar refractivity (Wildman–Crippen MR) is 24.0 cm³/mol. The first-order valence-electron chi connectivity index (χ1n) is 1.68. The van der Waals surface area contributed by atoms with Gasteiger partial charge in [0.25, 0.3) is 0 Å². The minimum absolute atomic E-state index is 0.433. The van der Waals surface area contributed by atoms with Gasteiger partial charge in [-0.15, -0.1) is 0 Å². The Kier molecular flexibility index (Phi) is 2.33. The molecule has 0 aliphatic carbocycles. The van der Waals surface area contributed by atoms with Gasteiger partial charge in [-0.2, -0.15) is 0 Å². The average molecular weight is 115 g/mol. The van der Waals surface area contributed by atoms with Gasteiger partial charge in [-0.05, 0) is 0 Å². The zero-order valence-corrected chi connectivity index (χ0v) is 3.79. The highest BCUT2D eigenvalue weighted by atomic mass is 16.4. The second kappa shape index (κ2) is 2.79. The molecule has 0 aromatic rings. The minimum Gasteiger partial charge on any atom is -0.502 e. The van der Waals surface area contributed by atoms with Gasteiger partial charge in [0.15, 0.2) is 0 Å². The molecule has 0 saturated heterocycles. The number of carboxylic acids is 1. The van der Waals surface area contributed by atoms with Crippen LogP contribution in [-0.4, -0.2) is 22.5 Å². The second-order valence-corrected chi connectivity index (χ2v) is 0.953. The van der Waals surface area contributed by atoms with Crippen LogP contribution in [0.25, 0.3) is 0 Å². The largest absolute Gasteiger partial charge is 0.502 e. The molecule has 1 radical (unpaired) electrons. The van der Waals surface area contributed by atoms with Gasteiger partial charge in [-0.25, -0.2) is 4.79 Å². The fraction of sp³-hybridized carbons (Fsp3) is 0. The number of hydrogen-bond acceptors (Lipinski definition) is 3. The monoisotopic (exact) mass is 115 g/mol.